The van der Waals surface area contributed by atoms with E-state index in [0.29, 0.717) is 18.0 Å². The molecule has 0 aliphatic heterocycles. The van der Waals surface area contributed by atoms with Crippen LogP contribution in [0.3, 0.4) is 0 Å². The number of carbonyl (C=O) groups is 1. The topological polar surface area (TPSA) is 83.4 Å². The molecular weight excluding hydrogens is 294 g/mol. The van der Waals surface area contributed by atoms with Gasteiger partial charge in [0, 0.05) is 23.9 Å². The Kier molecular flexibility index (Phi) is 5.83. The Labute approximate surface area is 134 Å². The fourth-order valence-corrected chi connectivity index (χ4v) is 1.98. The number of nitrogens with zero attached hydrogens (tertiary/aromatic N) is 1. The molecule has 0 heterocycles. The lowest BCUT2D eigenvalue weighted by Crippen LogP contribution is -2.28. The van der Waals surface area contributed by atoms with Crippen molar-refractivity contribution < 1.29 is 14.3 Å². The summed E-state index contributed by atoms with van der Waals surface area (Å²) < 4.78 is 10.4. The van der Waals surface area contributed by atoms with Gasteiger partial charge in [0.1, 0.15) is 17.6 Å². The standard InChI is InChI=1S/C17H17N3O3/c1-22-16-8-3-2-5-13(16)12-19-17(21)20-14-6-4-7-15(11-14)23-10-9-18/h2-8,11H,10,12H2,1H3,(H2,19,20,21). The van der Waals surface area contributed by atoms with E-state index in [2.05, 4.69) is 10.6 Å². The number of carbonyl (C=O) groups excluding carboxylic acids is 1. The third-order valence-corrected chi connectivity index (χ3v) is 3.03. The minimum atomic E-state index is -0.340. The first-order valence-corrected chi connectivity index (χ1v) is 6.99. The first-order chi connectivity index (χ1) is 11.2. The van der Waals surface area contributed by atoms with Gasteiger partial charge in [-0.25, -0.2) is 4.79 Å². The zero-order valence-electron chi connectivity index (χ0n) is 12.7. The molecule has 2 rings (SSSR count). The summed E-state index contributed by atoms with van der Waals surface area (Å²) in [5.41, 5.74) is 1.47. The number of hydrogen-bond acceptors (Lipinski definition) is 4. The molecular formula is C17H17N3O3. The number of amides is 2. The number of nitrogens with one attached hydrogen (secondary N) is 2. The predicted molar refractivity (Wildman–Crippen MR) is 86.4 cm³/mol. The van der Waals surface area contributed by atoms with Gasteiger partial charge in [0.05, 0.1) is 7.11 Å². The number of rotatable bonds is 6. The summed E-state index contributed by atoms with van der Waals surface area (Å²) >= 11 is 0. The van der Waals surface area contributed by atoms with Crippen molar-refractivity contribution in [2.75, 3.05) is 19.0 Å². The second-order valence-electron chi connectivity index (χ2n) is 4.59. The molecule has 0 radical (unpaired) electrons. The van der Waals surface area contributed by atoms with Crippen molar-refractivity contribution in [3.63, 3.8) is 0 Å². The Morgan fingerprint density at radius 1 is 1.22 bits per heavy atom. The zero-order valence-corrected chi connectivity index (χ0v) is 12.7. The SMILES string of the molecule is COc1ccccc1CNC(=O)Nc1cccc(OCC#N)c1. The average Bonchev–Trinajstić information content (AvgIpc) is 2.58. The van der Waals surface area contributed by atoms with Crippen LogP contribution in [0.15, 0.2) is 48.5 Å². The van der Waals surface area contributed by atoms with Gasteiger partial charge in [-0.1, -0.05) is 24.3 Å². The van der Waals surface area contributed by atoms with Crippen LogP contribution in [-0.2, 0) is 6.54 Å². The zero-order chi connectivity index (χ0) is 16.5. The highest BCUT2D eigenvalue weighted by atomic mass is 16.5. The first kappa shape index (κ1) is 16.2. The lowest BCUT2D eigenvalue weighted by Gasteiger charge is -2.11. The molecule has 0 bridgehead atoms. The van der Waals surface area contributed by atoms with Crippen LogP contribution in [0.25, 0.3) is 0 Å². The van der Waals surface area contributed by atoms with E-state index in [1.807, 2.05) is 30.3 Å². The van der Waals surface area contributed by atoms with Crippen molar-refractivity contribution in [3.05, 3.63) is 54.1 Å². The van der Waals surface area contributed by atoms with Gasteiger partial charge in [0.25, 0.3) is 0 Å². The summed E-state index contributed by atoms with van der Waals surface area (Å²) in [5.74, 6) is 1.24. The average molecular weight is 311 g/mol. The van der Waals surface area contributed by atoms with E-state index in [1.54, 1.807) is 31.4 Å². The fraction of sp³-hybridized carbons (Fsp3) is 0.176. The lowest BCUT2D eigenvalue weighted by molar-refractivity contribution is 0.251. The van der Waals surface area contributed by atoms with E-state index in [4.69, 9.17) is 14.7 Å². The van der Waals surface area contributed by atoms with E-state index in [9.17, 15) is 4.79 Å². The number of nitriles is 1. The van der Waals surface area contributed by atoms with E-state index >= 15 is 0 Å². The second kappa shape index (κ2) is 8.29. The van der Waals surface area contributed by atoms with E-state index in [1.165, 1.54) is 0 Å². The highest BCUT2D eigenvalue weighted by Gasteiger charge is 2.06. The monoisotopic (exact) mass is 311 g/mol. The molecule has 2 N–H and O–H groups in total. The Morgan fingerprint density at radius 3 is 2.83 bits per heavy atom. The lowest BCUT2D eigenvalue weighted by atomic mass is 10.2. The third-order valence-electron chi connectivity index (χ3n) is 3.03. The molecule has 6 heteroatoms. The molecule has 0 spiro atoms. The van der Waals surface area contributed by atoms with Crippen LogP contribution in [-0.4, -0.2) is 19.7 Å². The molecule has 0 saturated heterocycles. The van der Waals surface area contributed by atoms with Crippen LogP contribution < -0.4 is 20.1 Å². The molecule has 23 heavy (non-hydrogen) atoms. The maximum atomic E-state index is 12.0. The van der Waals surface area contributed by atoms with Gasteiger partial charge < -0.3 is 20.1 Å². The van der Waals surface area contributed by atoms with Crippen molar-refractivity contribution in [2.24, 2.45) is 0 Å². The maximum Gasteiger partial charge on any atom is 0.319 e. The summed E-state index contributed by atoms with van der Waals surface area (Å²) in [4.78, 5) is 12.0. The second-order valence-corrected chi connectivity index (χ2v) is 4.59. The number of para-hydroxylation sites is 1. The first-order valence-electron chi connectivity index (χ1n) is 6.99. The van der Waals surface area contributed by atoms with Crippen molar-refractivity contribution >= 4 is 11.7 Å². The van der Waals surface area contributed by atoms with Gasteiger partial charge in [-0.2, -0.15) is 5.26 Å². The van der Waals surface area contributed by atoms with E-state index < -0.39 is 0 Å². The minimum Gasteiger partial charge on any atom is -0.496 e. The highest BCUT2D eigenvalue weighted by molar-refractivity contribution is 5.89. The molecule has 2 aromatic rings. The molecule has 0 unspecified atom stereocenters. The molecule has 0 aliphatic rings. The fourth-order valence-electron chi connectivity index (χ4n) is 1.98. The van der Waals surface area contributed by atoms with Gasteiger partial charge in [-0.3, -0.25) is 0 Å². The molecule has 2 aromatic carbocycles. The highest BCUT2D eigenvalue weighted by Crippen LogP contribution is 2.18. The number of hydrogen-bond donors (Lipinski definition) is 2. The van der Waals surface area contributed by atoms with Gasteiger partial charge >= 0.3 is 6.03 Å². The summed E-state index contributed by atoms with van der Waals surface area (Å²) in [6.45, 7) is 0.309. The predicted octanol–water partition coefficient (Wildman–Crippen LogP) is 2.92. The Morgan fingerprint density at radius 2 is 2.04 bits per heavy atom. The summed E-state index contributed by atoms with van der Waals surface area (Å²) in [7, 11) is 1.59. The molecule has 0 aromatic heterocycles. The number of benzene rings is 2. The molecule has 0 aliphatic carbocycles. The van der Waals surface area contributed by atoms with Gasteiger partial charge in [0.15, 0.2) is 6.61 Å². The van der Waals surface area contributed by atoms with Crippen molar-refractivity contribution in [3.8, 4) is 17.6 Å². The summed E-state index contributed by atoms with van der Waals surface area (Å²) in [6, 6.07) is 15.9. The molecule has 0 atom stereocenters. The molecule has 0 saturated carbocycles. The smallest absolute Gasteiger partial charge is 0.319 e. The van der Waals surface area contributed by atoms with Gasteiger partial charge in [-0.05, 0) is 18.2 Å². The Hall–Kier alpha value is -3.20. The quantitative estimate of drug-likeness (QED) is 0.859. The summed E-state index contributed by atoms with van der Waals surface area (Å²) in [6.07, 6.45) is 0. The molecule has 118 valence electrons. The largest absolute Gasteiger partial charge is 0.496 e. The number of ether oxygens (including phenoxy) is 2. The number of methoxy groups -OCH3 is 1. The van der Waals surface area contributed by atoms with Crippen LogP contribution >= 0.6 is 0 Å². The van der Waals surface area contributed by atoms with Gasteiger partial charge in [0.2, 0.25) is 0 Å². The summed E-state index contributed by atoms with van der Waals surface area (Å²) in [5, 5.41) is 14.0. The maximum absolute atomic E-state index is 12.0. The minimum absolute atomic E-state index is 0.0382. The normalized spacial score (nSPS) is 9.57. The van der Waals surface area contributed by atoms with Crippen LogP contribution in [0.5, 0.6) is 11.5 Å². The molecule has 2 amide bonds. The van der Waals surface area contributed by atoms with Gasteiger partial charge in [-0.15, -0.1) is 0 Å². The van der Waals surface area contributed by atoms with E-state index in [-0.39, 0.29) is 12.6 Å². The van der Waals surface area contributed by atoms with Crippen LogP contribution in [0.2, 0.25) is 0 Å². The number of urea groups is 1. The van der Waals surface area contributed by atoms with Crippen molar-refractivity contribution in [2.45, 2.75) is 6.54 Å². The van der Waals surface area contributed by atoms with E-state index in [0.717, 1.165) is 11.3 Å². The molecule has 6 nitrogen and oxygen atoms in total. The Balaban J connectivity index is 1.91. The van der Waals surface area contributed by atoms with Crippen LogP contribution in [0.1, 0.15) is 5.56 Å². The number of anilines is 1. The van der Waals surface area contributed by atoms with Crippen LogP contribution in [0, 0.1) is 11.3 Å². The molecule has 0 fully saturated rings. The Bertz CT molecular complexity index is 710. The van der Waals surface area contributed by atoms with Crippen LogP contribution in [0.4, 0.5) is 10.5 Å². The third kappa shape index (κ3) is 4.93. The van der Waals surface area contributed by atoms with Crippen molar-refractivity contribution in [1.82, 2.24) is 5.32 Å². The van der Waals surface area contributed by atoms with Crippen molar-refractivity contribution in [1.29, 1.82) is 5.26 Å².